The van der Waals surface area contributed by atoms with Crippen LogP contribution in [0.1, 0.15) is 60.8 Å². The Bertz CT molecular complexity index is 1230. The molecule has 1 aliphatic rings. The third kappa shape index (κ3) is 7.89. The Hall–Kier alpha value is -3.25. The lowest BCUT2D eigenvalue weighted by atomic mass is 9.91. The van der Waals surface area contributed by atoms with Crippen molar-refractivity contribution in [3.8, 4) is 0 Å². The van der Waals surface area contributed by atoms with Gasteiger partial charge in [-0.3, -0.25) is 9.59 Å². The number of ether oxygens (including phenoxy) is 2. The molecule has 0 spiro atoms. The maximum absolute atomic E-state index is 12.0. The smallest absolute Gasteiger partial charge is 0.303 e. The van der Waals surface area contributed by atoms with Crippen LogP contribution in [0.15, 0.2) is 60.0 Å². The highest BCUT2D eigenvalue weighted by Gasteiger charge is 2.38. The lowest BCUT2D eigenvalue weighted by Crippen LogP contribution is -2.38. The number of benzene rings is 2. The topological polar surface area (TPSA) is 136 Å². The predicted molar refractivity (Wildman–Crippen MR) is 144 cm³/mol. The molecule has 0 radical (unpaired) electrons. The minimum absolute atomic E-state index is 0.0147. The third-order valence-corrected chi connectivity index (χ3v) is 7.83. The van der Waals surface area contributed by atoms with E-state index in [1.165, 1.54) is 0 Å². The van der Waals surface area contributed by atoms with Crippen LogP contribution >= 0.6 is 11.8 Å². The first-order valence-corrected chi connectivity index (χ1v) is 13.9. The van der Waals surface area contributed by atoms with E-state index in [1.807, 2.05) is 60.1 Å². The first-order chi connectivity index (χ1) is 18.8. The van der Waals surface area contributed by atoms with Gasteiger partial charge in [-0.25, -0.2) is 0 Å². The fourth-order valence-corrected chi connectivity index (χ4v) is 5.40. The van der Waals surface area contributed by atoms with Crippen molar-refractivity contribution in [3.63, 3.8) is 0 Å². The summed E-state index contributed by atoms with van der Waals surface area (Å²) in [5.41, 5.74) is 3.64. The molecule has 10 nitrogen and oxygen atoms in total. The van der Waals surface area contributed by atoms with Crippen LogP contribution in [-0.4, -0.2) is 48.7 Å². The zero-order valence-corrected chi connectivity index (χ0v) is 22.8. The van der Waals surface area contributed by atoms with Crippen LogP contribution in [0, 0.1) is 5.92 Å². The monoisotopic (exact) mass is 554 g/mol. The summed E-state index contributed by atoms with van der Waals surface area (Å²) in [6.07, 6.45) is 1.21. The molecule has 0 bridgehead atoms. The third-order valence-electron chi connectivity index (χ3n) is 6.71. The summed E-state index contributed by atoms with van der Waals surface area (Å²) >= 11 is 1.59. The molecule has 1 aromatic heterocycles. The van der Waals surface area contributed by atoms with E-state index < -0.39 is 12.3 Å². The van der Waals surface area contributed by atoms with Crippen LogP contribution < -0.4 is 5.32 Å². The normalized spacial score (nSPS) is 21.0. The molecule has 1 fully saturated rings. The SMILES string of the molecule is C[C@H]1[C@@H](CSc2nncn2C)O[C@@H](c2ccc(CNC(=O)CCCC(=O)O)cc2)O[C@H]1c1ccc(CO)cc1. The van der Waals surface area contributed by atoms with Gasteiger partial charge in [0.15, 0.2) is 11.4 Å². The fourth-order valence-electron chi connectivity index (χ4n) is 4.35. The molecule has 0 unspecified atom stereocenters. The highest BCUT2D eigenvalue weighted by atomic mass is 32.2. The minimum atomic E-state index is -0.904. The molecular formula is C28H34N4O6S. The van der Waals surface area contributed by atoms with Gasteiger partial charge in [0.25, 0.3) is 0 Å². The van der Waals surface area contributed by atoms with Gasteiger partial charge < -0.3 is 29.6 Å². The Labute approximate surface area is 231 Å². The molecule has 2 aromatic carbocycles. The zero-order chi connectivity index (χ0) is 27.8. The van der Waals surface area contributed by atoms with Crippen molar-refractivity contribution in [1.29, 1.82) is 0 Å². The number of hydrogen-bond acceptors (Lipinski definition) is 8. The number of aliphatic hydroxyl groups excluding tert-OH is 1. The van der Waals surface area contributed by atoms with Gasteiger partial charge in [-0.1, -0.05) is 67.2 Å². The van der Waals surface area contributed by atoms with Gasteiger partial charge in [-0.05, 0) is 23.1 Å². The number of carbonyl (C=O) groups is 2. The van der Waals surface area contributed by atoms with E-state index in [0.29, 0.717) is 18.7 Å². The summed E-state index contributed by atoms with van der Waals surface area (Å²) in [7, 11) is 1.91. The molecule has 3 N–H and O–H groups in total. The molecular weight excluding hydrogens is 520 g/mol. The molecule has 1 aliphatic heterocycles. The van der Waals surface area contributed by atoms with E-state index in [2.05, 4.69) is 22.4 Å². The minimum Gasteiger partial charge on any atom is -0.481 e. The van der Waals surface area contributed by atoms with Crippen molar-refractivity contribution >= 4 is 23.6 Å². The number of carboxylic acids is 1. The highest BCUT2D eigenvalue weighted by molar-refractivity contribution is 7.99. The van der Waals surface area contributed by atoms with Crippen LogP contribution in [0.4, 0.5) is 0 Å². The maximum atomic E-state index is 12.0. The Kier molecular flexibility index (Phi) is 10.1. The van der Waals surface area contributed by atoms with Crippen molar-refractivity contribution in [1.82, 2.24) is 20.1 Å². The van der Waals surface area contributed by atoms with E-state index in [0.717, 1.165) is 27.4 Å². The molecule has 4 rings (SSSR count). The van der Waals surface area contributed by atoms with Crippen LogP contribution in [0.2, 0.25) is 0 Å². The van der Waals surface area contributed by atoms with Crippen LogP contribution in [0.3, 0.4) is 0 Å². The molecule has 1 amide bonds. The number of nitrogens with zero attached hydrogens (tertiary/aromatic N) is 3. The number of carboxylic acid groups (broad SMARTS) is 1. The molecule has 208 valence electrons. The summed E-state index contributed by atoms with van der Waals surface area (Å²) in [4.78, 5) is 22.6. The standard InChI is InChI=1S/C28H34N4O6S/c1-18-23(16-39-28-31-30-17-32(28)2)37-27(38-26(18)21-10-8-20(15-33)9-11-21)22-12-6-19(7-13-22)14-29-24(34)4-3-5-25(35)36/h6-13,17-18,23,26-27,33H,3-5,14-16H2,1-2H3,(H,29,34)(H,35,36)/t18-,23+,26+,27+/m0/s1. The number of thioether (sulfide) groups is 1. The summed E-state index contributed by atoms with van der Waals surface area (Å²) in [5.74, 6) is -0.354. The summed E-state index contributed by atoms with van der Waals surface area (Å²) in [6.45, 7) is 2.45. The number of hydrogen-bond donors (Lipinski definition) is 3. The zero-order valence-electron chi connectivity index (χ0n) is 22.0. The second kappa shape index (κ2) is 13.7. The predicted octanol–water partition coefficient (Wildman–Crippen LogP) is 3.76. The highest BCUT2D eigenvalue weighted by Crippen LogP contribution is 2.42. The summed E-state index contributed by atoms with van der Waals surface area (Å²) in [5, 5.41) is 29.9. The van der Waals surface area contributed by atoms with E-state index >= 15 is 0 Å². The number of amides is 1. The molecule has 2 heterocycles. The van der Waals surface area contributed by atoms with E-state index in [4.69, 9.17) is 14.6 Å². The second-order valence-electron chi connectivity index (χ2n) is 9.62. The van der Waals surface area contributed by atoms with Crippen LogP contribution in [-0.2, 0) is 39.3 Å². The van der Waals surface area contributed by atoms with E-state index in [9.17, 15) is 14.7 Å². The van der Waals surface area contributed by atoms with Crippen molar-refractivity contribution in [3.05, 3.63) is 77.1 Å². The summed E-state index contributed by atoms with van der Waals surface area (Å²) < 4.78 is 14.8. The Balaban J connectivity index is 1.44. The van der Waals surface area contributed by atoms with Gasteiger partial charge >= 0.3 is 5.97 Å². The first-order valence-electron chi connectivity index (χ1n) is 12.9. The van der Waals surface area contributed by atoms with Gasteiger partial charge in [0.2, 0.25) is 5.91 Å². The number of aryl methyl sites for hydroxylation is 1. The number of rotatable bonds is 12. The molecule has 4 atom stereocenters. The van der Waals surface area contributed by atoms with Crippen LogP contribution in [0.5, 0.6) is 0 Å². The average Bonchev–Trinajstić information content (AvgIpc) is 3.36. The second-order valence-corrected chi connectivity index (χ2v) is 10.6. The molecule has 1 saturated heterocycles. The van der Waals surface area contributed by atoms with Crippen molar-refractivity contribution in [2.45, 2.75) is 63.0 Å². The first kappa shape index (κ1) is 28.8. The molecule has 11 heteroatoms. The van der Waals surface area contributed by atoms with Gasteiger partial charge in [0, 0.05) is 43.7 Å². The van der Waals surface area contributed by atoms with Gasteiger partial charge in [-0.2, -0.15) is 0 Å². The quantitative estimate of drug-likeness (QED) is 0.286. The molecule has 0 saturated carbocycles. The van der Waals surface area contributed by atoms with Gasteiger partial charge in [-0.15, -0.1) is 10.2 Å². The molecule has 3 aromatic rings. The average molecular weight is 555 g/mol. The van der Waals surface area contributed by atoms with Gasteiger partial charge in [0.05, 0.1) is 18.8 Å². The van der Waals surface area contributed by atoms with Gasteiger partial charge in [0.1, 0.15) is 6.33 Å². The largest absolute Gasteiger partial charge is 0.481 e. The lowest BCUT2D eigenvalue weighted by molar-refractivity contribution is -0.268. The number of nitrogens with one attached hydrogen (secondary N) is 1. The van der Waals surface area contributed by atoms with Crippen LogP contribution in [0.25, 0.3) is 0 Å². The number of aliphatic carboxylic acids is 1. The lowest BCUT2D eigenvalue weighted by Gasteiger charge is -2.41. The summed E-state index contributed by atoms with van der Waals surface area (Å²) in [6, 6.07) is 15.5. The maximum Gasteiger partial charge on any atom is 0.303 e. The van der Waals surface area contributed by atoms with E-state index in [-0.39, 0.29) is 43.5 Å². The fraction of sp³-hybridized carbons (Fsp3) is 0.429. The Morgan fingerprint density at radius 3 is 2.36 bits per heavy atom. The Morgan fingerprint density at radius 1 is 1.03 bits per heavy atom. The number of aliphatic hydroxyl groups is 1. The van der Waals surface area contributed by atoms with Crippen molar-refractivity contribution in [2.75, 3.05) is 5.75 Å². The molecule has 0 aliphatic carbocycles. The Morgan fingerprint density at radius 2 is 1.72 bits per heavy atom. The van der Waals surface area contributed by atoms with Crippen molar-refractivity contribution < 1.29 is 29.3 Å². The van der Waals surface area contributed by atoms with E-state index in [1.54, 1.807) is 18.1 Å². The van der Waals surface area contributed by atoms with Crippen molar-refractivity contribution in [2.24, 2.45) is 13.0 Å². The molecule has 39 heavy (non-hydrogen) atoms. The number of carbonyl (C=O) groups excluding carboxylic acids is 1. The number of aromatic nitrogens is 3.